The van der Waals surface area contributed by atoms with Crippen LogP contribution in [0.2, 0.25) is 5.02 Å². The van der Waals surface area contributed by atoms with Crippen LogP contribution in [0.5, 0.6) is 0 Å². The summed E-state index contributed by atoms with van der Waals surface area (Å²) in [6, 6.07) is 14.1. The van der Waals surface area contributed by atoms with Gasteiger partial charge in [-0.05, 0) is 61.7 Å². The molecule has 3 aromatic rings. The molecule has 2 aromatic carbocycles. The number of amides is 3. The number of rotatable bonds is 4. The summed E-state index contributed by atoms with van der Waals surface area (Å²) in [5, 5.41) is 15.5. The van der Waals surface area contributed by atoms with E-state index in [1.807, 2.05) is 31.2 Å². The Labute approximate surface area is 183 Å². The van der Waals surface area contributed by atoms with Crippen molar-refractivity contribution in [2.45, 2.75) is 25.8 Å². The van der Waals surface area contributed by atoms with Gasteiger partial charge in [0.1, 0.15) is 5.01 Å². The molecule has 1 unspecified atom stereocenters. The van der Waals surface area contributed by atoms with Gasteiger partial charge in [-0.3, -0.25) is 4.79 Å². The van der Waals surface area contributed by atoms with E-state index in [9.17, 15) is 9.59 Å². The van der Waals surface area contributed by atoms with Crippen LogP contribution in [0.3, 0.4) is 0 Å². The lowest BCUT2D eigenvalue weighted by Crippen LogP contribution is -2.34. The van der Waals surface area contributed by atoms with Gasteiger partial charge < -0.3 is 15.5 Å². The van der Waals surface area contributed by atoms with E-state index in [4.69, 9.17) is 11.6 Å². The number of anilines is 2. The first kappa shape index (κ1) is 20.3. The van der Waals surface area contributed by atoms with Crippen LogP contribution in [-0.4, -0.2) is 33.6 Å². The molecule has 1 atom stereocenters. The third kappa shape index (κ3) is 4.60. The summed E-state index contributed by atoms with van der Waals surface area (Å²) in [6.45, 7) is 2.61. The van der Waals surface area contributed by atoms with Gasteiger partial charge in [0, 0.05) is 22.9 Å². The lowest BCUT2D eigenvalue weighted by atomic mass is 10.2. The van der Waals surface area contributed by atoms with Crippen molar-refractivity contribution >= 4 is 46.3 Å². The Kier molecular flexibility index (Phi) is 5.96. The number of carbonyl (C=O) groups excluding carboxylic acids is 2. The van der Waals surface area contributed by atoms with Crippen molar-refractivity contribution in [3.63, 3.8) is 0 Å². The number of hydrogen-bond acceptors (Lipinski definition) is 5. The van der Waals surface area contributed by atoms with Crippen molar-refractivity contribution in [1.82, 2.24) is 15.1 Å². The number of benzene rings is 2. The average Bonchev–Trinajstić information content (AvgIpc) is 3.39. The van der Waals surface area contributed by atoms with Crippen molar-refractivity contribution < 1.29 is 9.59 Å². The maximum Gasteiger partial charge on any atom is 0.322 e. The average molecular weight is 442 g/mol. The molecule has 30 heavy (non-hydrogen) atoms. The van der Waals surface area contributed by atoms with Crippen LogP contribution < -0.4 is 10.6 Å². The monoisotopic (exact) mass is 441 g/mol. The fourth-order valence-corrected chi connectivity index (χ4v) is 4.38. The fraction of sp³-hybridized carbons (Fsp3) is 0.238. The van der Waals surface area contributed by atoms with Crippen LogP contribution in [0.4, 0.5) is 16.2 Å². The molecule has 3 amide bonds. The Morgan fingerprint density at radius 3 is 2.67 bits per heavy atom. The van der Waals surface area contributed by atoms with Crippen molar-refractivity contribution in [2.24, 2.45) is 0 Å². The minimum Gasteiger partial charge on any atom is -0.320 e. The molecule has 1 aliphatic heterocycles. The number of urea groups is 1. The topological polar surface area (TPSA) is 87.2 Å². The van der Waals surface area contributed by atoms with Crippen molar-refractivity contribution in [2.75, 3.05) is 17.2 Å². The third-order valence-electron chi connectivity index (χ3n) is 4.81. The minimum absolute atomic E-state index is 0.175. The molecule has 1 fully saturated rings. The van der Waals surface area contributed by atoms with E-state index in [0.717, 1.165) is 24.1 Å². The number of nitrogens with zero attached hydrogens (tertiary/aromatic N) is 3. The Morgan fingerprint density at radius 1 is 1.10 bits per heavy atom. The highest BCUT2D eigenvalue weighted by Gasteiger charge is 2.33. The van der Waals surface area contributed by atoms with Crippen LogP contribution in [0.1, 0.15) is 39.3 Å². The van der Waals surface area contributed by atoms with Gasteiger partial charge >= 0.3 is 6.03 Å². The van der Waals surface area contributed by atoms with E-state index in [-0.39, 0.29) is 23.0 Å². The van der Waals surface area contributed by atoms with Gasteiger partial charge in [-0.1, -0.05) is 35.1 Å². The molecule has 0 bridgehead atoms. The fourth-order valence-electron chi connectivity index (χ4n) is 3.36. The molecule has 7 nitrogen and oxygen atoms in total. The summed E-state index contributed by atoms with van der Waals surface area (Å²) in [4.78, 5) is 27.0. The van der Waals surface area contributed by atoms with Crippen LogP contribution in [0.15, 0.2) is 48.5 Å². The predicted octanol–water partition coefficient (Wildman–Crippen LogP) is 5.12. The Hall–Kier alpha value is -2.97. The quantitative estimate of drug-likeness (QED) is 0.588. The van der Waals surface area contributed by atoms with E-state index in [2.05, 4.69) is 20.8 Å². The van der Waals surface area contributed by atoms with E-state index in [1.165, 1.54) is 11.3 Å². The SMILES string of the molecule is Cc1cccc(NC(=O)N2CCCC2c2nnc(C(=O)Nc3ccc(Cl)cc3)s2)c1. The van der Waals surface area contributed by atoms with Crippen LogP contribution >= 0.6 is 22.9 Å². The van der Waals surface area contributed by atoms with E-state index < -0.39 is 0 Å². The number of carbonyl (C=O) groups is 2. The molecule has 1 aliphatic rings. The molecule has 0 saturated carbocycles. The highest BCUT2D eigenvalue weighted by Crippen LogP contribution is 2.34. The molecule has 4 rings (SSSR count). The second-order valence-corrected chi connectivity index (χ2v) is 8.50. The standard InChI is InChI=1S/C21H20ClN5O2S/c1-13-4-2-5-16(12-13)24-21(29)27-11-3-6-17(27)19-25-26-20(30-19)18(28)23-15-9-7-14(22)8-10-15/h2,4-5,7-10,12,17H,3,6,11H2,1H3,(H,23,28)(H,24,29). The van der Waals surface area contributed by atoms with E-state index in [0.29, 0.717) is 22.3 Å². The molecular weight excluding hydrogens is 422 g/mol. The van der Waals surface area contributed by atoms with Crippen molar-refractivity contribution in [3.05, 3.63) is 69.1 Å². The molecule has 0 radical (unpaired) electrons. The van der Waals surface area contributed by atoms with Crippen LogP contribution in [0, 0.1) is 6.92 Å². The van der Waals surface area contributed by atoms with E-state index >= 15 is 0 Å². The molecule has 154 valence electrons. The maximum absolute atomic E-state index is 12.8. The predicted molar refractivity (Wildman–Crippen MR) is 118 cm³/mol. The van der Waals surface area contributed by atoms with Gasteiger partial charge in [0.25, 0.3) is 5.91 Å². The first-order valence-electron chi connectivity index (χ1n) is 9.54. The number of hydrogen-bond donors (Lipinski definition) is 2. The first-order valence-corrected chi connectivity index (χ1v) is 10.7. The molecule has 2 heterocycles. The number of halogens is 1. The molecule has 9 heteroatoms. The second-order valence-electron chi connectivity index (χ2n) is 7.06. The lowest BCUT2D eigenvalue weighted by molar-refractivity contribution is 0.102. The summed E-state index contributed by atoms with van der Waals surface area (Å²) in [5.41, 5.74) is 2.46. The summed E-state index contributed by atoms with van der Waals surface area (Å²) >= 11 is 7.08. The Balaban J connectivity index is 1.44. The molecule has 2 N–H and O–H groups in total. The van der Waals surface area contributed by atoms with Crippen molar-refractivity contribution in [1.29, 1.82) is 0 Å². The maximum atomic E-state index is 12.8. The Bertz CT molecular complexity index is 1070. The highest BCUT2D eigenvalue weighted by atomic mass is 35.5. The molecule has 0 spiro atoms. The van der Waals surface area contributed by atoms with E-state index in [1.54, 1.807) is 29.2 Å². The summed E-state index contributed by atoms with van der Waals surface area (Å²) < 4.78 is 0. The Morgan fingerprint density at radius 2 is 1.90 bits per heavy atom. The zero-order chi connectivity index (χ0) is 21.1. The smallest absolute Gasteiger partial charge is 0.320 e. The third-order valence-corrected chi connectivity index (χ3v) is 6.08. The van der Waals surface area contributed by atoms with Gasteiger partial charge in [0.15, 0.2) is 0 Å². The lowest BCUT2D eigenvalue weighted by Gasteiger charge is -2.23. The first-order chi connectivity index (χ1) is 14.5. The highest BCUT2D eigenvalue weighted by molar-refractivity contribution is 7.13. The molecule has 0 aliphatic carbocycles. The number of aryl methyl sites for hydroxylation is 1. The zero-order valence-electron chi connectivity index (χ0n) is 16.3. The molecular formula is C21H20ClN5O2S. The summed E-state index contributed by atoms with van der Waals surface area (Å²) in [5.74, 6) is -0.338. The normalized spacial score (nSPS) is 15.8. The largest absolute Gasteiger partial charge is 0.322 e. The van der Waals surface area contributed by atoms with Crippen LogP contribution in [-0.2, 0) is 0 Å². The van der Waals surface area contributed by atoms with Gasteiger partial charge in [-0.15, -0.1) is 10.2 Å². The number of aromatic nitrogens is 2. The zero-order valence-corrected chi connectivity index (χ0v) is 17.8. The molecule has 1 saturated heterocycles. The van der Waals surface area contributed by atoms with Gasteiger partial charge in [0.05, 0.1) is 6.04 Å². The summed E-state index contributed by atoms with van der Waals surface area (Å²) in [6.07, 6.45) is 1.66. The second kappa shape index (κ2) is 8.81. The summed E-state index contributed by atoms with van der Waals surface area (Å²) in [7, 11) is 0. The van der Waals surface area contributed by atoms with Crippen LogP contribution in [0.25, 0.3) is 0 Å². The number of nitrogens with one attached hydrogen (secondary N) is 2. The van der Waals surface area contributed by atoms with Gasteiger partial charge in [-0.2, -0.15) is 0 Å². The molecule has 1 aromatic heterocycles. The van der Waals surface area contributed by atoms with Gasteiger partial charge in [-0.25, -0.2) is 4.79 Å². The number of likely N-dealkylation sites (tertiary alicyclic amines) is 1. The van der Waals surface area contributed by atoms with Gasteiger partial charge in [0.2, 0.25) is 5.01 Å². The minimum atomic E-state index is -0.338. The van der Waals surface area contributed by atoms with Crippen molar-refractivity contribution in [3.8, 4) is 0 Å².